The van der Waals surface area contributed by atoms with Crippen LogP contribution in [0.25, 0.3) is 17.1 Å². The SMILES string of the molecule is Clc1cc2c(cc1-c1nccn1-c1ccc3c(c1)COC3)OCO2. The Hall–Kier alpha value is -2.50. The lowest BCUT2D eigenvalue weighted by Crippen LogP contribution is -1.98. The van der Waals surface area contributed by atoms with Crippen LogP contribution >= 0.6 is 11.6 Å². The third-order valence-corrected chi connectivity index (χ3v) is 4.64. The van der Waals surface area contributed by atoms with Gasteiger partial charge in [-0.3, -0.25) is 4.57 Å². The summed E-state index contributed by atoms with van der Waals surface area (Å²) in [5.74, 6) is 2.11. The molecule has 0 unspecified atom stereocenters. The van der Waals surface area contributed by atoms with Crippen LogP contribution in [0.1, 0.15) is 11.1 Å². The Balaban J connectivity index is 1.63. The summed E-state index contributed by atoms with van der Waals surface area (Å²) >= 11 is 6.44. The number of rotatable bonds is 2. The molecule has 2 aromatic carbocycles. The average Bonchev–Trinajstić information content (AvgIpc) is 3.32. The normalized spacial score (nSPS) is 14.9. The van der Waals surface area contributed by atoms with E-state index in [0.717, 1.165) is 17.1 Å². The van der Waals surface area contributed by atoms with Crippen molar-refractivity contribution in [2.75, 3.05) is 6.79 Å². The lowest BCUT2D eigenvalue weighted by Gasteiger charge is -2.11. The van der Waals surface area contributed by atoms with E-state index in [2.05, 4.69) is 23.2 Å². The minimum absolute atomic E-state index is 0.217. The molecule has 0 bridgehead atoms. The molecule has 0 amide bonds. The number of hydrogen-bond acceptors (Lipinski definition) is 4. The fraction of sp³-hybridized carbons (Fsp3) is 0.167. The Morgan fingerprint density at radius 3 is 2.75 bits per heavy atom. The van der Waals surface area contributed by atoms with Crippen LogP contribution in [0, 0.1) is 0 Å². The van der Waals surface area contributed by atoms with Crippen molar-refractivity contribution in [3.8, 4) is 28.6 Å². The van der Waals surface area contributed by atoms with E-state index in [4.69, 9.17) is 25.8 Å². The first-order valence-electron chi connectivity index (χ1n) is 7.62. The molecule has 0 fully saturated rings. The van der Waals surface area contributed by atoms with Gasteiger partial charge in [0.15, 0.2) is 11.5 Å². The zero-order chi connectivity index (χ0) is 16.1. The summed E-state index contributed by atoms with van der Waals surface area (Å²) in [5, 5.41) is 0.580. The van der Waals surface area contributed by atoms with Crippen molar-refractivity contribution in [2.24, 2.45) is 0 Å². The van der Waals surface area contributed by atoms with Crippen LogP contribution < -0.4 is 9.47 Å². The maximum Gasteiger partial charge on any atom is 0.231 e. The second-order valence-corrected chi connectivity index (χ2v) is 6.16. The summed E-state index contributed by atoms with van der Waals surface area (Å²) in [6, 6.07) is 9.95. The number of imidazole rings is 1. The second-order valence-electron chi connectivity index (χ2n) is 5.75. The van der Waals surface area contributed by atoms with Crippen molar-refractivity contribution in [3.63, 3.8) is 0 Å². The van der Waals surface area contributed by atoms with E-state index in [-0.39, 0.29) is 6.79 Å². The van der Waals surface area contributed by atoms with Crippen molar-refractivity contribution in [1.82, 2.24) is 9.55 Å². The molecule has 0 saturated carbocycles. The lowest BCUT2D eigenvalue weighted by molar-refractivity contribution is 0.134. The van der Waals surface area contributed by atoms with Gasteiger partial charge >= 0.3 is 0 Å². The highest BCUT2D eigenvalue weighted by atomic mass is 35.5. The number of hydrogen-bond donors (Lipinski definition) is 0. The first-order valence-corrected chi connectivity index (χ1v) is 8.00. The van der Waals surface area contributed by atoms with Crippen molar-refractivity contribution in [3.05, 3.63) is 58.9 Å². The Labute approximate surface area is 143 Å². The van der Waals surface area contributed by atoms with Crippen LogP contribution in [0.4, 0.5) is 0 Å². The molecule has 5 rings (SSSR count). The standard InChI is InChI=1S/C18H13ClN2O3/c19-15-7-17-16(23-10-24-17)6-14(15)18-20-3-4-21(18)13-2-1-11-8-22-9-12(11)5-13/h1-7H,8-10H2. The molecule has 0 N–H and O–H groups in total. The van der Waals surface area contributed by atoms with Crippen molar-refractivity contribution < 1.29 is 14.2 Å². The van der Waals surface area contributed by atoms with Gasteiger partial charge in [-0.2, -0.15) is 0 Å². The quantitative estimate of drug-likeness (QED) is 0.708. The van der Waals surface area contributed by atoms with Gasteiger partial charge < -0.3 is 14.2 Å². The number of fused-ring (bicyclic) bond motifs is 2. The van der Waals surface area contributed by atoms with Crippen LogP contribution in [0.5, 0.6) is 11.5 Å². The molecule has 24 heavy (non-hydrogen) atoms. The zero-order valence-corrected chi connectivity index (χ0v) is 13.4. The summed E-state index contributed by atoms with van der Waals surface area (Å²) < 4.78 is 18.3. The number of halogens is 1. The third kappa shape index (κ3) is 2.09. The molecule has 120 valence electrons. The van der Waals surface area contributed by atoms with Gasteiger partial charge in [0.05, 0.1) is 18.2 Å². The Morgan fingerprint density at radius 1 is 1.00 bits per heavy atom. The van der Waals surface area contributed by atoms with Crippen molar-refractivity contribution in [2.45, 2.75) is 13.2 Å². The van der Waals surface area contributed by atoms with Crippen LogP contribution in [-0.2, 0) is 18.0 Å². The van der Waals surface area contributed by atoms with E-state index in [0.29, 0.717) is 29.7 Å². The van der Waals surface area contributed by atoms with Crippen LogP contribution in [0.15, 0.2) is 42.7 Å². The minimum Gasteiger partial charge on any atom is -0.454 e. The Bertz CT molecular complexity index is 951. The first-order chi connectivity index (χ1) is 11.8. The molecule has 3 heterocycles. The van der Waals surface area contributed by atoms with Gasteiger partial charge in [0.25, 0.3) is 0 Å². The highest BCUT2D eigenvalue weighted by Crippen LogP contribution is 2.41. The van der Waals surface area contributed by atoms with Gasteiger partial charge in [0, 0.05) is 29.7 Å². The fourth-order valence-corrected chi connectivity index (χ4v) is 3.35. The average molecular weight is 341 g/mol. The summed E-state index contributed by atoms with van der Waals surface area (Å²) in [5.41, 5.74) is 4.29. The van der Waals surface area contributed by atoms with Crippen molar-refractivity contribution >= 4 is 11.6 Å². The number of aromatic nitrogens is 2. The molecule has 2 aliphatic heterocycles. The number of ether oxygens (including phenoxy) is 3. The van der Waals surface area contributed by atoms with E-state index < -0.39 is 0 Å². The molecular formula is C18H13ClN2O3. The summed E-state index contributed by atoms with van der Waals surface area (Å²) in [6.45, 7) is 1.55. The summed E-state index contributed by atoms with van der Waals surface area (Å²) in [6.07, 6.45) is 3.69. The maximum absolute atomic E-state index is 6.44. The van der Waals surface area contributed by atoms with E-state index in [9.17, 15) is 0 Å². The fourth-order valence-electron chi connectivity index (χ4n) is 3.11. The molecule has 0 atom stereocenters. The monoisotopic (exact) mass is 340 g/mol. The highest BCUT2D eigenvalue weighted by molar-refractivity contribution is 6.33. The van der Waals surface area contributed by atoms with Gasteiger partial charge in [-0.1, -0.05) is 17.7 Å². The molecule has 0 radical (unpaired) electrons. The molecule has 0 aliphatic carbocycles. The van der Waals surface area contributed by atoms with Gasteiger partial charge in [0.1, 0.15) is 5.82 Å². The van der Waals surface area contributed by atoms with Gasteiger partial charge in [-0.15, -0.1) is 0 Å². The van der Waals surface area contributed by atoms with E-state index >= 15 is 0 Å². The van der Waals surface area contributed by atoms with E-state index in [1.807, 2.05) is 16.8 Å². The third-order valence-electron chi connectivity index (χ3n) is 4.33. The molecule has 0 spiro atoms. The van der Waals surface area contributed by atoms with E-state index in [1.165, 1.54) is 11.1 Å². The minimum atomic E-state index is 0.217. The van der Waals surface area contributed by atoms with Crippen molar-refractivity contribution in [1.29, 1.82) is 0 Å². The van der Waals surface area contributed by atoms with Crippen LogP contribution in [-0.4, -0.2) is 16.3 Å². The Morgan fingerprint density at radius 2 is 1.83 bits per heavy atom. The predicted octanol–water partition coefficient (Wildman–Crippen LogP) is 3.95. The zero-order valence-electron chi connectivity index (χ0n) is 12.7. The molecule has 3 aromatic rings. The molecular weight excluding hydrogens is 328 g/mol. The Kier molecular flexibility index (Phi) is 3.04. The summed E-state index contributed by atoms with van der Waals surface area (Å²) in [7, 11) is 0. The van der Waals surface area contributed by atoms with Crippen LogP contribution in [0.2, 0.25) is 5.02 Å². The first kappa shape index (κ1) is 13.9. The number of nitrogens with zero attached hydrogens (tertiary/aromatic N) is 2. The second kappa shape index (κ2) is 5.26. The van der Waals surface area contributed by atoms with Crippen LogP contribution in [0.3, 0.4) is 0 Å². The molecule has 2 aliphatic rings. The summed E-state index contributed by atoms with van der Waals surface area (Å²) in [4.78, 5) is 4.49. The highest BCUT2D eigenvalue weighted by Gasteiger charge is 2.20. The molecule has 0 saturated heterocycles. The lowest BCUT2D eigenvalue weighted by atomic mass is 10.1. The smallest absolute Gasteiger partial charge is 0.231 e. The topological polar surface area (TPSA) is 45.5 Å². The van der Waals surface area contributed by atoms with E-state index in [1.54, 1.807) is 12.3 Å². The van der Waals surface area contributed by atoms with Gasteiger partial charge in [0.2, 0.25) is 6.79 Å². The van der Waals surface area contributed by atoms with Gasteiger partial charge in [-0.05, 0) is 29.3 Å². The number of benzene rings is 2. The van der Waals surface area contributed by atoms with Gasteiger partial charge in [-0.25, -0.2) is 4.98 Å². The predicted molar refractivity (Wildman–Crippen MR) is 88.6 cm³/mol. The maximum atomic E-state index is 6.44. The molecule has 6 heteroatoms. The largest absolute Gasteiger partial charge is 0.454 e. The molecule has 1 aromatic heterocycles. The molecule has 5 nitrogen and oxygen atoms in total.